The fourth-order valence-electron chi connectivity index (χ4n) is 3.55. The van der Waals surface area contributed by atoms with E-state index in [2.05, 4.69) is 0 Å². The van der Waals surface area contributed by atoms with Gasteiger partial charge in [-0.15, -0.1) is 0 Å². The summed E-state index contributed by atoms with van der Waals surface area (Å²) in [5, 5.41) is 1.74. The van der Waals surface area contributed by atoms with Crippen molar-refractivity contribution in [3.05, 3.63) is 113 Å². The number of carbonyl (C=O) groups excluding carboxylic acids is 2. The number of ether oxygens (including phenoxy) is 1. The van der Waals surface area contributed by atoms with Crippen LogP contribution in [-0.2, 0) is 20.3 Å². The predicted octanol–water partition coefficient (Wildman–Crippen LogP) is 5.16. The van der Waals surface area contributed by atoms with Gasteiger partial charge in [-0.25, -0.2) is 13.2 Å². The number of esters is 1. The van der Waals surface area contributed by atoms with Gasteiger partial charge in [-0.2, -0.15) is 0 Å². The van der Waals surface area contributed by atoms with Crippen LogP contribution in [0.4, 0.5) is 0 Å². The highest BCUT2D eigenvalue weighted by atomic mass is 32.2. The lowest BCUT2D eigenvalue weighted by atomic mass is 10.0. The Morgan fingerprint density at radius 3 is 2.18 bits per heavy atom. The third-order valence-electron chi connectivity index (χ3n) is 5.35. The summed E-state index contributed by atoms with van der Waals surface area (Å²) in [5.74, 6) is -1.11. The Bertz CT molecular complexity index is 1410. The Labute approximate surface area is 192 Å². The van der Waals surface area contributed by atoms with Gasteiger partial charge in [0.05, 0.1) is 16.2 Å². The molecule has 0 radical (unpaired) electrons. The molecule has 0 bridgehead atoms. The van der Waals surface area contributed by atoms with Crippen LogP contribution in [0.1, 0.15) is 31.8 Å². The summed E-state index contributed by atoms with van der Waals surface area (Å²) < 4.78 is 30.4. The molecule has 5 nitrogen and oxygen atoms in total. The van der Waals surface area contributed by atoms with Crippen LogP contribution in [-0.4, -0.2) is 26.8 Å². The summed E-state index contributed by atoms with van der Waals surface area (Å²) in [6, 6.07) is 25.8. The molecule has 0 atom stereocenters. The van der Waals surface area contributed by atoms with Crippen LogP contribution >= 0.6 is 0 Å². The van der Waals surface area contributed by atoms with E-state index in [1.807, 2.05) is 37.3 Å². The zero-order valence-corrected chi connectivity index (χ0v) is 18.8. The highest BCUT2D eigenvalue weighted by Crippen LogP contribution is 2.20. The largest absolute Gasteiger partial charge is 0.454 e. The zero-order valence-electron chi connectivity index (χ0n) is 18.0. The molecule has 166 valence electrons. The van der Waals surface area contributed by atoms with Crippen LogP contribution in [0.15, 0.2) is 95.9 Å². The molecule has 0 amide bonds. The lowest BCUT2D eigenvalue weighted by molar-refractivity contribution is 0.0475. The van der Waals surface area contributed by atoms with E-state index in [9.17, 15) is 18.0 Å². The van der Waals surface area contributed by atoms with Crippen LogP contribution in [0.5, 0.6) is 0 Å². The number of ketones is 1. The third-order valence-corrected chi connectivity index (χ3v) is 7.05. The number of rotatable bonds is 7. The second-order valence-corrected chi connectivity index (χ2v) is 9.78. The minimum absolute atomic E-state index is 0.176. The van der Waals surface area contributed by atoms with Crippen molar-refractivity contribution in [2.75, 3.05) is 6.61 Å². The molecular formula is C27H22O5S. The van der Waals surface area contributed by atoms with Gasteiger partial charge in [0.15, 0.2) is 16.4 Å². The Kier molecular flexibility index (Phi) is 6.38. The Morgan fingerprint density at radius 2 is 1.45 bits per heavy atom. The molecule has 0 aliphatic rings. The quantitative estimate of drug-likeness (QED) is 0.282. The van der Waals surface area contributed by atoms with E-state index in [0.29, 0.717) is 11.1 Å². The maximum atomic E-state index is 12.6. The van der Waals surface area contributed by atoms with Crippen molar-refractivity contribution in [3.63, 3.8) is 0 Å². The average Bonchev–Trinajstić information content (AvgIpc) is 2.82. The van der Waals surface area contributed by atoms with Crippen LogP contribution in [0.25, 0.3) is 10.8 Å². The first-order valence-corrected chi connectivity index (χ1v) is 12.1. The molecule has 0 aliphatic carbocycles. The number of sulfone groups is 1. The fourth-order valence-corrected chi connectivity index (χ4v) is 4.89. The molecule has 33 heavy (non-hydrogen) atoms. The Balaban J connectivity index is 1.40. The lowest BCUT2D eigenvalue weighted by Gasteiger charge is -2.08. The first-order chi connectivity index (χ1) is 15.8. The molecule has 4 aromatic rings. The lowest BCUT2D eigenvalue weighted by Crippen LogP contribution is -2.14. The second kappa shape index (κ2) is 9.38. The van der Waals surface area contributed by atoms with Gasteiger partial charge in [-0.3, -0.25) is 4.79 Å². The highest BCUT2D eigenvalue weighted by molar-refractivity contribution is 7.90. The maximum absolute atomic E-state index is 12.6. The Hall–Kier alpha value is -3.77. The standard InChI is InChI=1S/C27H22O5S/c1-19-9-15-23(16-10-19)33(30,31)18-20-11-13-22(14-12-20)27(29)32-17-26(28)25-8-4-6-21-5-2-3-7-24(21)25/h2-16H,17-18H2,1H3. The molecular weight excluding hydrogens is 436 g/mol. The molecule has 0 unspecified atom stereocenters. The normalized spacial score (nSPS) is 11.3. The number of benzene rings is 4. The van der Waals surface area contributed by atoms with Gasteiger partial charge in [0, 0.05) is 5.56 Å². The number of hydrogen-bond donors (Lipinski definition) is 0. The van der Waals surface area contributed by atoms with Crippen LogP contribution < -0.4 is 0 Å². The monoisotopic (exact) mass is 458 g/mol. The van der Waals surface area contributed by atoms with E-state index in [1.54, 1.807) is 48.5 Å². The number of aryl methyl sites for hydroxylation is 1. The van der Waals surface area contributed by atoms with Gasteiger partial charge in [0.25, 0.3) is 0 Å². The van der Waals surface area contributed by atoms with E-state index in [-0.39, 0.29) is 28.6 Å². The summed E-state index contributed by atoms with van der Waals surface area (Å²) in [6.07, 6.45) is 0. The number of Topliss-reactive ketones (excluding diaryl/α,β-unsaturated/α-hetero) is 1. The molecule has 0 fully saturated rings. The van der Waals surface area contributed by atoms with Crippen molar-refractivity contribution < 1.29 is 22.7 Å². The molecule has 0 saturated carbocycles. The number of fused-ring (bicyclic) bond motifs is 1. The molecule has 0 saturated heterocycles. The van der Waals surface area contributed by atoms with Crippen molar-refractivity contribution >= 4 is 32.4 Å². The predicted molar refractivity (Wildman–Crippen MR) is 127 cm³/mol. The summed E-state index contributed by atoms with van der Waals surface area (Å²) in [6.45, 7) is 1.51. The van der Waals surface area contributed by atoms with Crippen LogP contribution in [0, 0.1) is 6.92 Å². The van der Waals surface area contributed by atoms with Crippen molar-refractivity contribution in [1.29, 1.82) is 0 Å². The second-order valence-electron chi connectivity index (χ2n) is 7.80. The first kappa shape index (κ1) is 22.4. The van der Waals surface area contributed by atoms with E-state index in [1.165, 1.54) is 12.1 Å². The Morgan fingerprint density at radius 1 is 0.788 bits per heavy atom. The third kappa shape index (κ3) is 5.18. The summed E-state index contributed by atoms with van der Waals surface area (Å²) in [5.41, 5.74) is 2.28. The van der Waals surface area contributed by atoms with Gasteiger partial charge >= 0.3 is 5.97 Å². The summed E-state index contributed by atoms with van der Waals surface area (Å²) in [4.78, 5) is 25.3. The minimum atomic E-state index is -3.49. The number of hydrogen-bond acceptors (Lipinski definition) is 5. The van der Waals surface area contributed by atoms with E-state index < -0.39 is 15.8 Å². The minimum Gasteiger partial charge on any atom is -0.454 e. The molecule has 0 aromatic heterocycles. The van der Waals surface area contributed by atoms with Crippen molar-refractivity contribution in [1.82, 2.24) is 0 Å². The van der Waals surface area contributed by atoms with Crippen LogP contribution in [0.2, 0.25) is 0 Å². The summed E-state index contributed by atoms with van der Waals surface area (Å²) >= 11 is 0. The molecule has 0 aliphatic heterocycles. The fraction of sp³-hybridized carbons (Fsp3) is 0.111. The highest BCUT2D eigenvalue weighted by Gasteiger charge is 2.17. The van der Waals surface area contributed by atoms with Crippen molar-refractivity contribution in [3.8, 4) is 0 Å². The van der Waals surface area contributed by atoms with Crippen molar-refractivity contribution in [2.45, 2.75) is 17.6 Å². The molecule has 6 heteroatoms. The van der Waals surface area contributed by atoms with Gasteiger partial charge < -0.3 is 4.74 Å². The summed E-state index contributed by atoms with van der Waals surface area (Å²) in [7, 11) is -3.49. The van der Waals surface area contributed by atoms with Gasteiger partial charge in [0.2, 0.25) is 5.78 Å². The van der Waals surface area contributed by atoms with Gasteiger partial charge in [-0.05, 0) is 47.5 Å². The first-order valence-electron chi connectivity index (χ1n) is 10.4. The van der Waals surface area contributed by atoms with Gasteiger partial charge in [-0.1, -0.05) is 72.3 Å². The van der Waals surface area contributed by atoms with E-state index >= 15 is 0 Å². The smallest absolute Gasteiger partial charge is 0.338 e. The van der Waals surface area contributed by atoms with E-state index in [0.717, 1.165) is 16.3 Å². The number of carbonyl (C=O) groups is 2. The zero-order chi connectivity index (χ0) is 23.4. The molecule has 0 N–H and O–H groups in total. The SMILES string of the molecule is Cc1ccc(S(=O)(=O)Cc2ccc(C(=O)OCC(=O)c3cccc4ccccc34)cc2)cc1. The molecule has 4 aromatic carbocycles. The molecule has 0 spiro atoms. The maximum Gasteiger partial charge on any atom is 0.338 e. The molecule has 0 heterocycles. The topological polar surface area (TPSA) is 77.5 Å². The van der Waals surface area contributed by atoms with Crippen molar-refractivity contribution in [2.24, 2.45) is 0 Å². The van der Waals surface area contributed by atoms with Gasteiger partial charge in [0.1, 0.15) is 0 Å². The average molecular weight is 459 g/mol. The molecule has 4 rings (SSSR count). The van der Waals surface area contributed by atoms with E-state index in [4.69, 9.17) is 4.74 Å². The van der Waals surface area contributed by atoms with Crippen LogP contribution in [0.3, 0.4) is 0 Å².